The molecule has 0 aliphatic carbocycles. The van der Waals surface area contributed by atoms with Crippen molar-refractivity contribution in [3.63, 3.8) is 0 Å². The minimum atomic E-state index is -0.683. The van der Waals surface area contributed by atoms with E-state index in [4.69, 9.17) is 16.6 Å². The third-order valence-corrected chi connectivity index (χ3v) is 12.7. The zero-order valence-corrected chi connectivity index (χ0v) is 33.2. The fourth-order valence-electron chi connectivity index (χ4n) is 7.17. The number of nitrogens with one attached hydrogen (secondary N) is 4. The summed E-state index contributed by atoms with van der Waals surface area (Å²) in [5, 5.41) is 23.7. The number of carbonyl (C=O) groups excluding carboxylic acids is 5. The lowest BCUT2D eigenvalue weighted by Crippen LogP contribution is -2.47. The maximum atomic E-state index is 13.3. The first kappa shape index (κ1) is 38.5. The third-order valence-electron chi connectivity index (χ3n) is 10.2. The molecule has 1 aromatic carbocycles. The number of aryl methyl sites for hydroxylation is 2. The van der Waals surface area contributed by atoms with Gasteiger partial charge in [-0.3, -0.25) is 38.8 Å². The predicted molar refractivity (Wildman–Crippen MR) is 210 cm³/mol. The summed E-state index contributed by atoms with van der Waals surface area (Å²) in [5.74, 6) is 0.0661. The van der Waals surface area contributed by atoms with Gasteiger partial charge in [-0.25, -0.2) is 0 Å². The quantitative estimate of drug-likeness (QED) is 0.115. The van der Waals surface area contributed by atoms with Crippen LogP contribution in [-0.4, -0.2) is 80.6 Å². The molecule has 0 radical (unpaired) electrons. The van der Waals surface area contributed by atoms with Crippen LogP contribution in [0.25, 0.3) is 5.00 Å². The van der Waals surface area contributed by atoms with Crippen molar-refractivity contribution in [1.29, 1.82) is 0 Å². The largest absolute Gasteiger partial charge is 0.356 e. The van der Waals surface area contributed by atoms with Crippen molar-refractivity contribution < 1.29 is 24.0 Å². The summed E-state index contributed by atoms with van der Waals surface area (Å²) < 4.78 is 2.03. The molecule has 7 rings (SSSR count). The summed E-state index contributed by atoms with van der Waals surface area (Å²) in [6.07, 6.45) is 2.81. The van der Waals surface area contributed by atoms with Gasteiger partial charge in [0.1, 0.15) is 22.9 Å². The molecule has 3 aliphatic rings. The molecule has 288 valence electrons. The monoisotopic (exact) mass is 803 g/mol. The van der Waals surface area contributed by atoms with E-state index in [1.54, 1.807) is 16.7 Å². The molecule has 0 bridgehead atoms. The van der Waals surface area contributed by atoms with Gasteiger partial charge >= 0.3 is 0 Å². The Balaban J connectivity index is 0.861. The van der Waals surface area contributed by atoms with Crippen LogP contribution in [0.15, 0.2) is 34.6 Å². The van der Waals surface area contributed by atoms with E-state index in [2.05, 4.69) is 45.3 Å². The molecule has 5 amide bonds. The number of aromatic nitrogens is 3. The molecule has 3 aromatic heterocycles. The second-order valence-electron chi connectivity index (χ2n) is 13.9. The van der Waals surface area contributed by atoms with Crippen molar-refractivity contribution in [2.75, 3.05) is 19.6 Å². The van der Waals surface area contributed by atoms with E-state index in [1.807, 2.05) is 35.8 Å². The fraction of sp³-hybridized carbons (Fsp3) is 0.421. The number of hydrogen-bond acceptors (Lipinski definition) is 11. The minimum absolute atomic E-state index is 0.108. The predicted octanol–water partition coefficient (Wildman–Crippen LogP) is 4.20. The van der Waals surface area contributed by atoms with Gasteiger partial charge in [-0.1, -0.05) is 23.7 Å². The van der Waals surface area contributed by atoms with Gasteiger partial charge in [0.15, 0.2) is 5.82 Å². The van der Waals surface area contributed by atoms with E-state index in [1.165, 1.54) is 21.1 Å². The number of nitrogens with zero attached hydrogens (tertiary/aromatic N) is 5. The second-order valence-corrected chi connectivity index (χ2v) is 16.5. The lowest BCUT2D eigenvalue weighted by molar-refractivity contribution is -0.132. The molecule has 4 aromatic rings. The summed E-state index contributed by atoms with van der Waals surface area (Å²) in [6.45, 7) is 7.83. The van der Waals surface area contributed by atoms with E-state index >= 15 is 0 Å². The number of halogens is 1. The molecule has 1 fully saturated rings. The van der Waals surface area contributed by atoms with Crippen molar-refractivity contribution >= 4 is 69.5 Å². The summed E-state index contributed by atoms with van der Waals surface area (Å²) >= 11 is 9.29. The summed E-state index contributed by atoms with van der Waals surface area (Å²) in [7, 11) is 0. The summed E-state index contributed by atoms with van der Waals surface area (Å²) in [5.41, 5.74) is 5.22. The summed E-state index contributed by atoms with van der Waals surface area (Å²) in [6, 6.07) is 6.35. The number of amides is 5. The number of fused-ring (bicyclic) bond motifs is 4. The first-order valence-corrected chi connectivity index (χ1v) is 20.4. The van der Waals surface area contributed by atoms with E-state index in [-0.39, 0.29) is 56.1 Å². The number of unbranched alkanes of at least 4 members (excludes halogenated alkanes) is 1. The Bertz CT molecular complexity index is 2190. The Morgan fingerprint density at radius 2 is 1.80 bits per heavy atom. The van der Waals surface area contributed by atoms with Crippen LogP contribution in [0.4, 0.5) is 0 Å². The van der Waals surface area contributed by atoms with Gasteiger partial charge in [-0.05, 0) is 76.3 Å². The highest BCUT2D eigenvalue weighted by Crippen LogP contribution is 2.40. The van der Waals surface area contributed by atoms with Crippen molar-refractivity contribution in [1.82, 2.24) is 40.9 Å². The zero-order chi connectivity index (χ0) is 38.8. The highest BCUT2D eigenvalue weighted by Gasteiger charge is 2.39. The lowest BCUT2D eigenvalue weighted by atomic mass is 9.99. The average Bonchev–Trinajstić information content (AvgIpc) is 3.85. The van der Waals surface area contributed by atoms with Crippen molar-refractivity contribution in [2.45, 2.75) is 84.5 Å². The Kier molecular flexibility index (Phi) is 11.6. The molecule has 4 N–H and O–H groups in total. The number of benzene rings is 1. The molecule has 2 atom stereocenters. The normalized spacial score (nSPS) is 17.9. The first-order valence-electron chi connectivity index (χ1n) is 18.3. The van der Waals surface area contributed by atoms with Crippen LogP contribution < -0.4 is 21.3 Å². The average molecular weight is 804 g/mol. The number of aliphatic imine (C=N–C) groups is 1. The molecule has 55 heavy (non-hydrogen) atoms. The van der Waals surface area contributed by atoms with Crippen molar-refractivity contribution in [2.24, 2.45) is 4.99 Å². The lowest BCUT2D eigenvalue weighted by Gasteiger charge is -2.25. The molecule has 6 heterocycles. The minimum Gasteiger partial charge on any atom is -0.356 e. The molecular weight excluding hydrogens is 762 g/mol. The molecule has 1 saturated heterocycles. The number of carbonyl (C=O) groups is 5. The molecule has 14 nitrogen and oxygen atoms in total. The maximum Gasteiger partial charge on any atom is 0.256 e. The van der Waals surface area contributed by atoms with Crippen LogP contribution in [0, 0.1) is 20.8 Å². The number of thiophene rings is 2. The Labute approximate surface area is 331 Å². The first-order chi connectivity index (χ1) is 26.5. The molecule has 0 spiro atoms. The van der Waals surface area contributed by atoms with Gasteiger partial charge in [-0.15, -0.1) is 32.9 Å². The zero-order valence-electron chi connectivity index (χ0n) is 30.8. The Hall–Kier alpha value is -4.77. The smallest absolute Gasteiger partial charge is 0.256 e. The molecule has 17 heteroatoms. The second kappa shape index (κ2) is 16.5. The highest BCUT2D eigenvalue weighted by molar-refractivity contribution is 7.15. The fourth-order valence-corrected chi connectivity index (χ4v) is 9.48. The standard InChI is InChI=1S/C38H42ClN9O5S2/c1-20-21(2)55-38-33(20)34(23-9-11-24(39)12-10-23)43-27(35-46-45-22(3)48(35)38)15-31(50)41-14-5-4-13-40-17-32(51)42-16-29-25-18-47(37(53)26(25)19-54-29)28-7-6-8-30(49)44-36(28)52/h9-12,19,27-28,40H,4-8,13-18H2,1-3H3,(H,41,50)(H,42,51)(H,44,49,52)/t27-,28-/m0/s1. The van der Waals surface area contributed by atoms with Crippen LogP contribution in [0.5, 0.6) is 0 Å². The van der Waals surface area contributed by atoms with Crippen LogP contribution in [0.2, 0.25) is 5.02 Å². The molecule has 3 aliphatic heterocycles. The van der Waals surface area contributed by atoms with Crippen molar-refractivity contribution in [3.05, 3.63) is 83.9 Å². The van der Waals surface area contributed by atoms with Crippen LogP contribution >= 0.6 is 34.3 Å². The van der Waals surface area contributed by atoms with Crippen LogP contribution in [-0.2, 0) is 32.3 Å². The van der Waals surface area contributed by atoms with E-state index in [9.17, 15) is 24.0 Å². The maximum absolute atomic E-state index is 13.3. The number of imide groups is 1. The SMILES string of the molecule is Cc1sc2c(c1C)C(c1ccc(Cl)cc1)=N[C@@H](CC(=O)NCCCCNCC(=O)NCc1scc3c1CN([C@H]1CCCC(=O)NC1=O)C3=O)c1nnc(C)n1-2. The van der Waals surface area contributed by atoms with Crippen LogP contribution in [0.3, 0.4) is 0 Å². The molecular formula is C38H42ClN9O5S2. The summed E-state index contributed by atoms with van der Waals surface area (Å²) in [4.78, 5) is 72.0. The van der Waals surface area contributed by atoms with Gasteiger partial charge < -0.3 is 20.9 Å². The Morgan fingerprint density at radius 1 is 1.02 bits per heavy atom. The van der Waals surface area contributed by atoms with Gasteiger partial charge in [0.2, 0.25) is 23.6 Å². The van der Waals surface area contributed by atoms with E-state index in [0.29, 0.717) is 48.8 Å². The van der Waals surface area contributed by atoms with E-state index < -0.39 is 18.0 Å². The Morgan fingerprint density at radius 3 is 2.60 bits per heavy atom. The van der Waals surface area contributed by atoms with Gasteiger partial charge in [-0.2, -0.15) is 0 Å². The van der Waals surface area contributed by atoms with Gasteiger partial charge in [0, 0.05) is 50.8 Å². The molecule has 0 saturated carbocycles. The number of hydrogen-bond donors (Lipinski definition) is 4. The van der Waals surface area contributed by atoms with Gasteiger partial charge in [0.25, 0.3) is 5.91 Å². The van der Waals surface area contributed by atoms with E-state index in [0.717, 1.165) is 50.1 Å². The van der Waals surface area contributed by atoms with Gasteiger partial charge in [0.05, 0.1) is 30.8 Å². The topological polar surface area (TPSA) is 180 Å². The van der Waals surface area contributed by atoms with Crippen molar-refractivity contribution in [3.8, 4) is 5.00 Å². The van der Waals surface area contributed by atoms with Crippen LogP contribution in [0.1, 0.15) is 98.6 Å². The molecule has 0 unspecified atom stereocenters. The third kappa shape index (κ3) is 8.13. The highest BCUT2D eigenvalue weighted by atomic mass is 35.5. The number of rotatable bonds is 13.